The van der Waals surface area contributed by atoms with E-state index in [0.717, 1.165) is 88.4 Å². The summed E-state index contributed by atoms with van der Waals surface area (Å²) in [6, 6.07) is 81.6. The molecule has 0 saturated carbocycles. The van der Waals surface area contributed by atoms with Crippen molar-refractivity contribution in [3.8, 4) is 62.1 Å². The van der Waals surface area contributed by atoms with Gasteiger partial charge in [-0.05, 0) is 103 Å². The monoisotopic (exact) mass is 866 g/mol. The summed E-state index contributed by atoms with van der Waals surface area (Å²) in [5, 5.41) is 11.6. The van der Waals surface area contributed by atoms with Crippen molar-refractivity contribution in [1.82, 2.24) is 19.5 Å². The number of benzene rings is 11. The van der Waals surface area contributed by atoms with Crippen molar-refractivity contribution in [2.24, 2.45) is 0 Å². The molecule has 0 aliphatic carbocycles. The Kier molecular flexibility index (Phi) is 8.52. The van der Waals surface area contributed by atoms with Crippen molar-refractivity contribution < 1.29 is 4.42 Å². The molecule has 0 radical (unpaired) electrons. The van der Waals surface area contributed by atoms with Gasteiger partial charge < -0.3 is 8.98 Å². The number of aromatic nitrogens is 4. The van der Waals surface area contributed by atoms with E-state index in [1.807, 2.05) is 24.3 Å². The summed E-state index contributed by atoms with van der Waals surface area (Å²) >= 11 is 0. The Labute approximate surface area is 390 Å². The Morgan fingerprint density at radius 3 is 1.68 bits per heavy atom. The molecule has 5 nitrogen and oxygen atoms in total. The third-order valence-corrected chi connectivity index (χ3v) is 13.6. The predicted octanol–water partition coefficient (Wildman–Crippen LogP) is 16.7. The van der Waals surface area contributed by atoms with Gasteiger partial charge in [0.05, 0.1) is 11.0 Å². The summed E-state index contributed by atoms with van der Waals surface area (Å²) in [7, 11) is 0. The molecule has 316 valence electrons. The van der Waals surface area contributed by atoms with Gasteiger partial charge in [0.25, 0.3) is 0 Å². The molecule has 68 heavy (non-hydrogen) atoms. The van der Waals surface area contributed by atoms with Crippen LogP contribution in [0.5, 0.6) is 0 Å². The van der Waals surface area contributed by atoms with Gasteiger partial charge in [-0.25, -0.2) is 15.0 Å². The van der Waals surface area contributed by atoms with Gasteiger partial charge in [-0.15, -0.1) is 0 Å². The van der Waals surface area contributed by atoms with Gasteiger partial charge in [-0.3, -0.25) is 0 Å². The smallest absolute Gasteiger partial charge is 0.164 e. The maximum Gasteiger partial charge on any atom is 0.164 e. The summed E-state index contributed by atoms with van der Waals surface area (Å²) in [6.07, 6.45) is 0. The third-order valence-electron chi connectivity index (χ3n) is 13.6. The van der Waals surface area contributed by atoms with Crippen LogP contribution in [0.4, 0.5) is 0 Å². The lowest BCUT2D eigenvalue weighted by Crippen LogP contribution is -2.00. The molecule has 0 saturated heterocycles. The van der Waals surface area contributed by atoms with Crippen LogP contribution in [0.2, 0.25) is 0 Å². The van der Waals surface area contributed by atoms with Crippen molar-refractivity contribution in [3.05, 3.63) is 231 Å². The maximum atomic E-state index is 6.76. The molecule has 5 heteroatoms. The fourth-order valence-electron chi connectivity index (χ4n) is 10.4. The first-order valence-corrected chi connectivity index (χ1v) is 23.0. The van der Waals surface area contributed by atoms with Crippen LogP contribution in [0, 0.1) is 0 Å². The van der Waals surface area contributed by atoms with Crippen molar-refractivity contribution in [3.63, 3.8) is 0 Å². The summed E-state index contributed by atoms with van der Waals surface area (Å²) in [5.41, 5.74) is 12.2. The lowest BCUT2D eigenvalue weighted by Gasteiger charge is -2.12. The molecular weight excluding hydrogens is 829 g/mol. The van der Waals surface area contributed by atoms with Crippen LogP contribution >= 0.6 is 0 Å². The number of fused-ring (bicyclic) bond motifs is 11. The first-order chi connectivity index (χ1) is 33.7. The average Bonchev–Trinajstić information content (AvgIpc) is 3.96. The van der Waals surface area contributed by atoms with Crippen LogP contribution in [0.1, 0.15) is 0 Å². The number of hydrogen-bond acceptors (Lipinski definition) is 4. The SMILES string of the molecule is c1ccc(-c2ccc(-c3nc(-c4cccc(-c5ccccc5)c4)nc(-c4cccc5oc6ccc7ccc(-n8c9cc%10ccccc%10cc9c9c%10ccccc%10ccc98)cc7c6c45)n3)cc2)cc1. The Bertz CT molecular complexity index is 4300. The molecule has 14 rings (SSSR count). The van der Waals surface area contributed by atoms with Gasteiger partial charge in [0.2, 0.25) is 0 Å². The predicted molar refractivity (Wildman–Crippen MR) is 281 cm³/mol. The molecule has 0 atom stereocenters. The maximum absolute atomic E-state index is 6.76. The fourth-order valence-corrected chi connectivity index (χ4v) is 10.4. The zero-order valence-corrected chi connectivity index (χ0v) is 36.6. The van der Waals surface area contributed by atoms with E-state index in [1.165, 1.54) is 32.3 Å². The van der Waals surface area contributed by atoms with Gasteiger partial charge in [0.15, 0.2) is 17.5 Å². The number of rotatable bonds is 6. The van der Waals surface area contributed by atoms with Crippen LogP contribution in [0.3, 0.4) is 0 Å². The van der Waals surface area contributed by atoms with Crippen molar-refractivity contribution in [2.45, 2.75) is 0 Å². The minimum absolute atomic E-state index is 0.574. The Hall–Kier alpha value is -9.19. The molecule has 0 fully saturated rings. The van der Waals surface area contributed by atoms with Crippen LogP contribution in [0.25, 0.3) is 138 Å². The zero-order chi connectivity index (χ0) is 44.7. The number of nitrogens with zero attached hydrogens (tertiary/aromatic N) is 4. The molecule has 0 bridgehead atoms. The van der Waals surface area contributed by atoms with Crippen LogP contribution in [-0.4, -0.2) is 19.5 Å². The highest BCUT2D eigenvalue weighted by atomic mass is 16.3. The van der Waals surface area contributed by atoms with Crippen LogP contribution < -0.4 is 0 Å². The van der Waals surface area contributed by atoms with E-state index < -0.39 is 0 Å². The fraction of sp³-hybridized carbons (Fsp3) is 0. The molecule has 11 aromatic carbocycles. The van der Waals surface area contributed by atoms with Crippen molar-refractivity contribution in [1.29, 1.82) is 0 Å². The van der Waals surface area contributed by atoms with Gasteiger partial charge >= 0.3 is 0 Å². The largest absolute Gasteiger partial charge is 0.456 e. The molecule has 0 N–H and O–H groups in total. The number of furan rings is 1. The van der Waals surface area contributed by atoms with E-state index in [0.29, 0.717) is 17.5 Å². The molecule has 0 aliphatic rings. The summed E-state index contributed by atoms with van der Waals surface area (Å²) < 4.78 is 9.19. The Balaban J connectivity index is 0.999. The normalized spacial score (nSPS) is 11.8. The highest BCUT2D eigenvalue weighted by Gasteiger charge is 2.22. The van der Waals surface area contributed by atoms with Gasteiger partial charge in [-0.2, -0.15) is 0 Å². The molecule has 3 aromatic heterocycles. The lowest BCUT2D eigenvalue weighted by molar-refractivity contribution is 0.669. The lowest BCUT2D eigenvalue weighted by atomic mass is 9.99. The summed E-state index contributed by atoms with van der Waals surface area (Å²) in [4.78, 5) is 15.8. The Morgan fingerprint density at radius 2 is 0.868 bits per heavy atom. The highest BCUT2D eigenvalue weighted by Crippen LogP contribution is 2.43. The summed E-state index contributed by atoms with van der Waals surface area (Å²) in [6.45, 7) is 0. The highest BCUT2D eigenvalue weighted by molar-refractivity contribution is 6.25. The van der Waals surface area contributed by atoms with Crippen LogP contribution in [0.15, 0.2) is 235 Å². The standard InChI is InChI=1S/C63H38N4O/c1-3-13-39(14-4-1)41-25-27-44(28-26-41)61-64-62(48-21-11-20-45(35-48)40-15-5-2-6-16-40)66-63(65-61)51-23-12-24-56-59(51)60-52-38-49(32-29-43(52)31-34-57(60)68-56)67-54-33-30-42-17-9-10-22-50(42)58(54)53-36-46-18-7-8-19-47(46)37-55(53)67/h1-38H. The minimum Gasteiger partial charge on any atom is -0.456 e. The van der Waals surface area contributed by atoms with E-state index in [1.54, 1.807) is 0 Å². The van der Waals surface area contributed by atoms with E-state index in [2.05, 4.69) is 211 Å². The first kappa shape index (κ1) is 38.1. The van der Waals surface area contributed by atoms with E-state index in [-0.39, 0.29) is 0 Å². The molecule has 3 heterocycles. The topological polar surface area (TPSA) is 56.7 Å². The van der Waals surface area contributed by atoms with Crippen molar-refractivity contribution >= 4 is 76.1 Å². The average molecular weight is 867 g/mol. The molecule has 0 unspecified atom stereocenters. The van der Waals surface area contributed by atoms with Gasteiger partial charge in [-0.1, -0.05) is 182 Å². The first-order valence-electron chi connectivity index (χ1n) is 23.0. The second-order valence-corrected chi connectivity index (χ2v) is 17.6. The molecular formula is C63H38N4O. The number of hydrogen-bond donors (Lipinski definition) is 0. The van der Waals surface area contributed by atoms with Crippen LogP contribution in [-0.2, 0) is 0 Å². The second-order valence-electron chi connectivity index (χ2n) is 17.6. The van der Waals surface area contributed by atoms with E-state index >= 15 is 0 Å². The van der Waals surface area contributed by atoms with Crippen molar-refractivity contribution in [2.75, 3.05) is 0 Å². The second kappa shape index (κ2) is 15.2. The molecule has 14 aromatic rings. The minimum atomic E-state index is 0.574. The molecule has 0 amide bonds. The van der Waals surface area contributed by atoms with E-state index in [9.17, 15) is 0 Å². The molecule has 0 spiro atoms. The van der Waals surface area contributed by atoms with E-state index in [4.69, 9.17) is 19.4 Å². The zero-order valence-electron chi connectivity index (χ0n) is 36.6. The quantitative estimate of drug-likeness (QED) is 0.167. The van der Waals surface area contributed by atoms with Gasteiger partial charge in [0, 0.05) is 43.9 Å². The third kappa shape index (κ3) is 6.14. The molecule has 0 aliphatic heterocycles. The Morgan fingerprint density at radius 1 is 0.294 bits per heavy atom. The summed E-state index contributed by atoms with van der Waals surface area (Å²) in [5.74, 6) is 1.77. The van der Waals surface area contributed by atoms with Gasteiger partial charge in [0.1, 0.15) is 11.2 Å².